The van der Waals surface area contributed by atoms with Crippen LogP contribution in [0.25, 0.3) is 0 Å². The minimum atomic E-state index is -0.580. The first kappa shape index (κ1) is 21.2. The summed E-state index contributed by atoms with van der Waals surface area (Å²) in [6, 6.07) is 9.99. The number of carbonyl (C=O) groups is 3. The highest BCUT2D eigenvalue weighted by Crippen LogP contribution is 2.14. The summed E-state index contributed by atoms with van der Waals surface area (Å²) < 4.78 is 0. The highest BCUT2D eigenvalue weighted by molar-refractivity contribution is 6.30. The summed E-state index contributed by atoms with van der Waals surface area (Å²) >= 11 is 5.79. The number of rotatable bonds is 7. The molecule has 1 aromatic heterocycles. The minimum absolute atomic E-state index is 0.0950. The molecule has 28 heavy (non-hydrogen) atoms. The van der Waals surface area contributed by atoms with Gasteiger partial charge in [-0.1, -0.05) is 11.6 Å². The summed E-state index contributed by atoms with van der Waals surface area (Å²) in [4.78, 5) is 41.8. The average Bonchev–Trinajstić information content (AvgIpc) is 2.71. The zero-order valence-corrected chi connectivity index (χ0v) is 16.4. The van der Waals surface area contributed by atoms with Crippen LogP contribution in [0.1, 0.15) is 34.7 Å². The van der Waals surface area contributed by atoms with Crippen molar-refractivity contribution in [3.05, 3.63) is 58.9 Å². The van der Waals surface area contributed by atoms with Gasteiger partial charge in [0.1, 0.15) is 5.69 Å². The molecule has 148 valence electrons. The minimum Gasteiger partial charge on any atom is -0.372 e. The smallest absolute Gasteiger partial charge is 0.270 e. The van der Waals surface area contributed by atoms with Crippen molar-refractivity contribution in [2.75, 3.05) is 24.5 Å². The van der Waals surface area contributed by atoms with Crippen LogP contribution in [0.4, 0.5) is 5.69 Å². The molecule has 9 heteroatoms. The SMILES string of the molecule is CCN(CC)c1ccc(C(=O)NNC(=O)CNC(=O)c2cc(Cl)ccn2)cc1. The van der Waals surface area contributed by atoms with Crippen LogP contribution in [-0.4, -0.2) is 42.3 Å². The molecule has 0 unspecified atom stereocenters. The van der Waals surface area contributed by atoms with E-state index < -0.39 is 17.7 Å². The molecule has 3 amide bonds. The third-order valence-corrected chi connectivity index (χ3v) is 4.17. The molecule has 2 aromatic rings. The Labute approximate surface area is 168 Å². The second-order valence-electron chi connectivity index (χ2n) is 5.76. The van der Waals surface area contributed by atoms with Gasteiger partial charge in [0.25, 0.3) is 17.7 Å². The Morgan fingerprint density at radius 2 is 1.68 bits per heavy atom. The first-order chi connectivity index (χ1) is 13.4. The van der Waals surface area contributed by atoms with Crippen LogP contribution < -0.4 is 21.1 Å². The third kappa shape index (κ3) is 5.95. The van der Waals surface area contributed by atoms with Crippen LogP contribution in [0.5, 0.6) is 0 Å². The lowest BCUT2D eigenvalue weighted by Crippen LogP contribution is -2.46. The van der Waals surface area contributed by atoms with E-state index in [4.69, 9.17) is 11.6 Å². The van der Waals surface area contributed by atoms with Crippen LogP contribution in [0.3, 0.4) is 0 Å². The standard InChI is InChI=1S/C19H22ClN5O3/c1-3-25(4-2)15-7-5-13(6-8-15)18(27)24-23-17(26)12-22-19(28)16-11-14(20)9-10-21-16/h5-11H,3-4,12H2,1-2H3,(H,22,28)(H,23,26)(H,24,27). The number of anilines is 1. The van der Waals surface area contributed by atoms with Crippen molar-refractivity contribution in [1.29, 1.82) is 0 Å². The summed E-state index contributed by atoms with van der Waals surface area (Å²) in [6.45, 7) is 5.53. The number of hydrogen-bond acceptors (Lipinski definition) is 5. The van der Waals surface area contributed by atoms with Gasteiger partial charge < -0.3 is 10.2 Å². The Morgan fingerprint density at radius 3 is 2.29 bits per heavy atom. The molecule has 0 radical (unpaired) electrons. The molecule has 0 aliphatic rings. The number of carbonyl (C=O) groups excluding carboxylic acids is 3. The second-order valence-corrected chi connectivity index (χ2v) is 6.20. The molecule has 0 aliphatic carbocycles. The van der Waals surface area contributed by atoms with E-state index in [1.807, 2.05) is 12.1 Å². The summed E-state index contributed by atoms with van der Waals surface area (Å²) in [5, 5.41) is 2.76. The number of benzene rings is 1. The fourth-order valence-electron chi connectivity index (χ4n) is 2.44. The van der Waals surface area contributed by atoms with E-state index in [9.17, 15) is 14.4 Å². The molecule has 0 saturated carbocycles. The van der Waals surface area contributed by atoms with Crippen molar-refractivity contribution in [3.8, 4) is 0 Å². The zero-order chi connectivity index (χ0) is 20.5. The number of aromatic nitrogens is 1. The molecule has 8 nitrogen and oxygen atoms in total. The second kappa shape index (κ2) is 10.3. The van der Waals surface area contributed by atoms with Gasteiger partial charge in [-0.15, -0.1) is 0 Å². The number of nitrogens with zero attached hydrogens (tertiary/aromatic N) is 2. The molecular weight excluding hydrogens is 382 g/mol. The quantitative estimate of drug-likeness (QED) is 0.611. The number of hydrogen-bond donors (Lipinski definition) is 3. The predicted octanol–water partition coefficient (Wildman–Crippen LogP) is 1.77. The van der Waals surface area contributed by atoms with Crippen LogP contribution in [0.2, 0.25) is 5.02 Å². The van der Waals surface area contributed by atoms with E-state index in [0.29, 0.717) is 10.6 Å². The summed E-state index contributed by atoms with van der Waals surface area (Å²) in [5.41, 5.74) is 6.07. The van der Waals surface area contributed by atoms with Crippen molar-refractivity contribution in [3.63, 3.8) is 0 Å². The third-order valence-electron chi connectivity index (χ3n) is 3.94. The molecule has 0 saturated heterocycles. The lowest BCUT2D eigenvalue weighted by Gasteiger charge is -2.21. The highest BCUT2D eigenvalue weighted by atomic mass is 35.5. The number of nitrogens with one attached hydrogen (secondary N) is 3. The van der Waals surface area contributed by atoms with E-state index >= 15 is 0 Å². The van der Waals surface area contributed by atoms with Crippen LogP contribution in [0.15, 0.2) is 42.6 Å². The van der Waals surface area contributed by atoms with Gasteiger partial charge in [0.05, 0.1) is 6.54 Å². The fourth-order valence-corrected chi connectivity index (χ4v) is 2.59. The molecule has 2 rings (SSSR count). The molecule has 0 aliphatic heterocycles. The van der Waals surface area contributed by atoms with Gasteiger partial charge in [-0.25, -0.2) is 0 Å². The summed E-state index contributed by atoms with van der Waals surface area (Å²) in [5.74, 6) is -1.58. The molecule has 3 N–H and O–H groups in total. The van der Waals surface area contributed by atoms with E-state index in [2.05, 4.69) is 39.9 Å². The van der Waals surface area contributed by atoms with Crippen molar-refractivity contribution in [1.82, 2.24) is 21.2 Å². The first-order valence-corrected chi connectivity index (χ1v) is 9.16. The molecule has 0 bridgehead atoms. The van der Waals surface area contributed by atoms with Crippen molar-refractivity contribution in [2.24, 2.45) is 0 Å². The van der Waals surface area contributed by atoms with Gasteiger partial charge in [-0.2, -0.15) is 0 Å². The molecule has 1 heterocycles. The van der Waals surface area contributed by atoms with Crippen molar-refractivity contribution < 1.29 is 14.4 Å². The summed E-state index contributed by atoms with van der Waals surface area (Å²) in [7, 11) is 0. The van der Waals surface area contributed by atoms with Gasteiger partial charge in [-0.3, -0.25) is 30.2 Å². The van der Waals surface area contributed by atoms with E-state index in [-0.39, 0.29) is 12.2 Å². The van der Waals surface area contributed by atoms with E-state index in [0.717, 1.165) is 18.8 Å². The average molecular weight is 404 g/mol. The van der Waals surface area contributed by atoms with E-state index in [1.165, 1.54) is 18.3 Å². The molecule has 0 fully saturated rings. The topological polar surface area (TPSA) is 103 Å². The normalized spacial score (nSPS) is 10.1. The number of amides is 3. The number of hydrazine groups is 1. The predicted molar refractivity (Wildman–Crippen MR) is 107 cm³/mol. The Balaban J connectivity index is 1.80. The number of pyridine rings is 1. The Bertz CT molecular complexity index is 838. The molecular formula is C19H22ClN5O3. The van der Waals surface area contributed by atoms with Crippen LogP contribution in [-0.2, 0) is 4.79 Å². The molecule has 0 spiro atoms. The molecule has 0 atom stereocenters. The first-order valence-electron chi connectivity index (χ1n) is 8.78. The lowest BCUT2D eigenvalue weighted by molar-refractivity contribution is -0.120. The molecule has 1 aromatic carbocycles. The van der Waals surface area contributed by atoms with Gasteiger partial charge in [0.15, 0.2) is 0 Å². The van der Waals surface area contributed by atoms with E-state index in [1.54, 1.807) is 12.1 Å². The maximum atomic E-state index is 12.1. The van der Waals surface area contributed by atoms with Crippen LogP contribution in [0, 0.1) is 0 Å². The van der Waals surface area contributed by atoms with Gasteiger partial charge in [0, 0.05) is 35.6 Å². The van der Waals surface area contributed by atoms with Gasteiger partial charge in [-0.05, 0) is 50.2 Å². The number of halogens is 1. The maximum absolute atomic E-state index is 12.1. The lowest BCUT2D eigenvalue weighted by atomic mass is 10.2. The Kier molecular flexibility index (Phi) is 7.76. The maximum Gasteiger partial charge on any atom is 0.270 e. The Hall–Kier alpha value is -3.13. The summed E-state index contributed by atoms with van der Waals surface area (Å²) in [6.07, 6.45) is 1.39. The van der Waals surface area contributed by atoms with Crippen molar-refractivity contribution in [2.45, 2.75) is 13.8 Å². The largest absolute Gasteiger partial charge is 0.372 e. The van der Waals surface area contributed by atoms with Gasteiger partial charge in [0.2, 0.25) is 0 Å². The monoisotopic (exact) mass is 403 g/mol. The van der Waals surface area contributed by atoms with Crippen molar-refractivity contribution >= 4 is 35.0 Å². The highest BCUT2D eigenvalue weighted by Gasteiger charge is 2.11. The Morgan fingerprint density at radius 1 is 1.00 bits per heavy atom. The zero-order valence-electron chi connectivity index (χ0n) is 15.7. The van der Waals surface area contributed by atoms with Crippen LogP contribution >= 0.6 is 11.6 Å². The fraction of sp³-hybridized carbons (Fsp3) is 0.263. The van der Waals surface area contributed by atoms with Gasteiger partial charge >= 0.3 is 0 Å².